The van der Waals surface area contributed by atoms with E-state index in [0.717, 1.165) is 21.3 Å². The van der Waals surface area contributed by atoms with Crippen LogP contribution >= 0.6 is 22.6 Å². The number of aromatic nitrogens is 2. The van der Waals surface area contributed by atoms with Crippen molar-refractivity contribution in [2.24, 2.45) is 0 Å². The number of halogens is 4. The molecule has 140 valence electrons. The van der Waals surface area contributed by atoms with E-state index in [1.807, 2.05) is 24.3 Å². The van der Waals surface area contributed by atoms with Gasteiger partial charge >= 0.3 is 6.18 Å². The number of urea groups is 1. The van der Waals surface area contributed by atoms with E-state index >= 15 is 0 Å². The number of carbonyl (C=O) groups is 1. The second-order valence-electron chi connectivity index (χ2n) is 5.48. The second-order valence-corrected chi connectivity index (χ2v) is 6.73. The monoisotopic (exact) mass is 488 g/mol. The molecule has 0 saturated carbocycles. The Balaban J connectivity index is 1.60. The molecular formula is C17H12F3IN4O2. The van der Waals surface area contributed by atoms with Gasteiger partial charge in [0.05, 0.1) is 5.56 Å². The minimum atomic E-state index is -4.50. The highest BCUT2D eigenvalue weighted by Crippen LogP contribution is 2.31. The van der Waals surface area contributed by atoms with Crippen LogP contribution in [0.15, 0.2) is 59.3 Å². The molecule has 0 unspecified atom stereocenters. The summed E-state index contributed by atoms with van der Waals surface area (Å²) in [5.74, 6) is -0.0648. The Morgan fingerprint density at radius 3 is 2.67 bits per heavy atom. The minimum absolute atomic E-state index is 0.0233. The zero-order valence-corrected chi connectivity index (χ0v) is 15.7. The van der Waals surface area contributed by atoms with E-state index in [1.54, 1.807) is 0 Å². The summed E-state index contributed by atoms with van der Waals surface area (Å²) in [4.78, 5) is 11.9. The molecule has 2 aromatic carbocycles. The van der Waals surface area contributed by atoms with Crippen molar-refractivity contribution in [3.63, 3.8) is 0 Å². The molecule has 0 saturated heterocycles. The number of benzene rings is 2. The molecule has 3 rings (SSSR count). The van der Waals surface area contributed by atoms with Crippen LogP contribution in [0.5, 0.6) is 0 Å². The summed E-state index contributed by atoms with van der Waals surface area (Å²) >= 11 is 2.20. The molecule has 0 bridgehead atoms. The van der Waals surface area contributed by atoms with Gasteiger partial charge in [-0.15, -0.1) is 0 Å². The number of nitrogens with zero attached hydrogens (tertiary/aromatic N) is 3. The molecule has 10 heteroatoms. The Labute approximate surface area is 165 Å². The van der Waals surface area contributed by atoms with Crippen LogP contribution in [-0.4, -0.2) is 11.3 Å². The Morgan fingerprint density at radius 2 is 1.96 bits per heavy atom. The summed E-state index contributed by atoms with van der Waals surface area (Å²) in [6, 6.07) is 11.2. The molecule has 0 aliphatic heterocycles. The molecule has 1 aromatic heterocycles. The molecule has 0 spiro atoms. The van der Waals surface area contributed by atoms with E-state index in [1.165, 1.54) is 23.0 Å². The van der Waals surface area contributed by atoms with Crippen molar-refractivity contribution in [2.45, 2.75) is 12.7 Å². The predicted octanol–water partition coefficient (Wildman–Crippen LogP) is 4.87. The van der Waals surface area contributed by atoms with Crippen molar-refractivity contribution >= 4 is 40.2 Å². The third kappa shape index (κ3) is 5.42. The highest BCUT2D eigenvalue weighted by molar-refractivity contribution is 14.1. The van der Waals surface area contributed by atoms with Gasteiger partial charge in [-0.1, -0.05) is 30.3 Å². The van der Waals surface area contributed by atoms with Gasteiger partial charge in [-0.25, -0.2) is 0 Å². The number of amides is 2. The molecule has 1 N–H and O–H groups in total. The number of carbonyl (C=O) groups excluding carboxylic acids is 1. The van der Waals surface area contributed by atoms with E-state index in [9.17, 15) is 18.0 Å². The van der Waals surface area contributed by atoms with Gasteiger partial charge in [0.1, 0.15) is 0 Å². The van der Waals surface area contributed by atoms with Crippen LogP contribution in [0, 0.1) is 3.57 Å². The molecule has 0 fully saturated rings. The number of hydrogen-bond acceptors (Lipinski definition) is 3. The van der Waals surface area contributed by atoms with E-state index in [4.69, 9.17) is 4.52 Å². The molecule has 0 aliphatic carbocycles. The fraction of sp³-hybridized carbons (Fsp3) is 0.118. The lowest BCUT2D eigenvalue weighted by Crippen LogP contribution is -2.35. The van der Waals surface area contributed by atoms with Crippen molar-refractivity contribution in [2.75, 3.05) is 5.32 Å². The van der Waals surface area contributed by atoms with Gasteiger partial charge < -0.3 is 15.2 Å². The molecule has 1 heterocycles. The first kappa shape index (κ1) is 19.1. The molecule has 0 radical (unpaired) electrons. The fourth-order valence-corrected chi connectivity index (χ4v) is 2.55. The van der Waals surface area contributed by atoms with Crippen LogP contribution in [0.3, 0.4) is 0 Å². The molecule has 6 nitrogen and oxygen atoms in total. The normalized spacial score (nSPS) is 11.3. The summed E-state index contributed by atoms with van der Waals surface area (Å²) in [5.41, 5.74) is 0.0915. The number of rotatable bonds is 4. The Bertz CT molecular complexity index is 942. The summed E-state index contributed by atoms with van der Waals surface area (Å²) < 4.78 is 45.6. The Hall–Kier alpha value is -2.63. The van der Waals surface area contributed by atoms with E-state index in [0.29, 0.717) is 6.54 Å². The van der Waals surface area contributed by atoms with Crippen LogP contribution in [0.2, 0.25) is 0 Å². The predicted molar refractivity (Wildman–Crippen MR) is 98.4 cm³/mol. The van der Waals surface area contributed by atoms with Crippen molar-refractivity contribution in [1.82, 2.24) is 5.27 Å². The lowest BCUT2D eigenvalue weighted by molar-refractivity contribution is -0.754. The molecule has 3 aromatic rings. The second kappa shape index (κ2) is 7.94. The first-order valence-electron chi connectivity index (χ1n) is 7.60. The topological polar surface area (TPSA) is 73.1 Å². The quantitative estimate of drug-likeness (QED) is 0.421. The maximum atomic E-state index is 12.7. The standard InChI is InChI=1S/C17H12F3IN4O2/c18-17(19,20)12-2-1-3-14(8-12)22-16(26)23-15-10-25(24-27-15)9-11-4-6-13(21)7-5-11/h1-8,10H,9H2,(H-,22,23,24,26). The minimum Gasteiger partial charge on any atom is -0.424 e. The molecular weight excluding hydrogens is 476 g/mol. The van der Waals surface area contributed by atoms with Gasteiger partial charge in [-0.05, 0) is 51.2 Å². The van der Waals surface area contributed by atoms with Crippen molar-refractivity contribution in [1.29, 1.82) is 0 Å². The van der Waals surface area contributed by atoms with Crippen LogP contribution < -0.4 is 10.00 Å². The van der Waals surface area contributed by atoms with Crippen LogP contribution in [-0.2, 0) is 12.7 Å². The average Bonchev–Trinajstić information content (AvgIpc) is 3.03. The zero-order chi connectivity index (χ0) is 19.4. The Morgan fingerprint density at radius 1 is 1.22 bits per heavy atom. The van der Waals surface area contributed by atoms with Crippen molar-refractivity contribution in [3.05, 3.63) is 74.7 Å². The summed E-state index contributed by atoms with van der Waals surface area (Å²) in [7, 11) is 0. The zero-order valence-electron chi connectivity index (χ0n) is 13.6. The lowest BCUT2D eigenvalue weighted by atomic mass is 10.2. The molecule has 27 heavy (non-hydrogen) atoms. The number of nitrogens with one attached hydrogen (secondary N) is 1. The van der Waals surface area contributed by atoms with E-state index < -0.39 is 17.8 Å². The number of alkyl halides is 3. The van der Waals surface area contributed by atoms with E-state index in [2.05, 4.69) is 38.5 Å². The van der Waals surface area contributed by atoms with E-state index in [-0.39, 0.29) is 11.6 Å². The van der Waals surface area contributed by atoms with Gasteiger partial charge in [0.2, 0.25) is 18.6 Å². The molecule has 2 amide bonds. The highest BCUT2D eigenvalue weighted by atomic mass is 127. The maximum absolute atomic E-state index is 12.7. The van der Waals surface area contributed by atoms with Gasteiger partial charge in [-0.3, -0.25) is 4.79 Å². The van der Waals surface area contributed by atoms with Crippen LogP contribution in [0.4, 0.5) is 29.5 Å². The first-order valence-corrected chi connectivity index (χ1v) is 8.68. The lowest BCUT2D eigenvalue weighted by Gasteiger charge is -2.15. The van der Waals surface area contributed by atoms with Gasteiger partial charge in [0.25, 0.3) is 0 Å². The maximum Gasteiger partial charge on any atom is 0.416 e. The Kier molecular flexibility index (Phi) is 5.63. The van der Waals surface area contributed by atoms with Gasteiger partial charge in [-0.2, -0.15) is 13.2 Å². The van der Waals surface area contributed by atoms with Crippen LogP contribution in [0.25, 0.3) is 5.32 Å². The van der Waals surface area contributed by atoms with Gasteiger partial charge in [0, 0.05) is 9.13 Å². The summed E-state index contributed by atoms with van der Waals surface area (Å²) in [6.45, 7) is 0.422. The SMILES string of the molecule is O=C([N-]c1c[n+](Cc2ccc(I)cc2)no1)Nc1cccc(C(F)(F)F)c1. The van der Waals surface area contributed by atoms with Crippen LogP contribution in [0.1, 0.15) is 11.1 Å². The third-order valence-electron chi connectivity index (χ3n) is 3.41. The summed E-state index contributed by atoms with van der Waals surface area (Å²) in [6.07, 6.45) is -3.08. The average molecular weight is 488 g/mol. The third-order valence-corrected chi connectivity index (χ3v) is 4.13. The molecule has 0 aliphatic rings. The largest absolute Gasteiger partial charge is 0.424 e. The first-order chi connectivity index (χ1) is 12.8. The highest BCUT2D eigenvalue weighted by Gasteiger charge is 2.30. The van der Waals surface area contributed by atoms with Crippen molar-refractivity contribution in [3.8, 4) is 0 Å². The summed E-state index contributed by atoms with van der Waals surface area (Å²) in [5, 5.41) is 9.66. The number of anilines is 1. The van der Waals surface area contributed by atoms with Crippen molar-refractivity contribution < 1.29 is 27.2 Å². The molecule has 0 atom stereocenters. The smallest absolute Gasteiger partial charge is 0.416 e. The van der Waals surface area contributed by atoms with Gasteiger partial charge in [0.15, 0.2) is 11.3 Å². The fourth-order valence-electron chi connectivity index (χ4n) is 2.19. The number of hydrogen-bond donors (Lipinski definition) is 1.